The number of nitro groups is 1. The Morgan fingerprint density at radius 2 is 1.95 bits per heavy atom. The smallest absolute Gasteiger partial charge is 0.269 e. The van der Waals surface area contributed by atoms with E-state index in [1.54, 1.807) is 0 Å². The second-order valence-corrected chi connectivity index (χ2v) is 3.70. The Bertz CT molecular complexity index is 623. The Kier molecular flexibility index (Phi) is 3.42. The minimum atomic E-state index is -0.542. The van der Waals surface area contributed by atoms with Crippen molar-refractivity contribution in [3.8, 4) is 5.75 Å². The zero-order chi connectivity index (χ0) is 13.8. The van der Waals surface area contributed by atoms with Crippen LogP contribution in [0.5, 0.6) is 5.75 Å². The van der Waals surface area contributed by atoms with Crippen LogP contribution in [0.1, 0.15) is 10.4 Å². The molecular weight excluding hydrogens is 248 g/mol. The third kappa shape index (κ3) is 2.86. The number of hydrogen-bond acceptors (Lipinski definition) is 4. The summed E-state index contributed by atoms with van der Waals surface area (Å²) in [6, 6.07) is 12.2. The van der Waals surface area contributed by atoms with Gasteiger partial charge in [-0.3, -0.25) is 14.9 Å². The Morgan fingerprint density at radius 1 is 1.26 bits per heavy atom. The summed E-state index contributed by atoms with van der Waals surface area (Å²) in [6.07, 6.45) is 0. The van der Waals surface area contributed by atoms with Crippen LogP contribution in [0.2, 0.25) is 0 Å². The number of amides is 1. The van der Waals surface area contributed by atoms with E-state index in [0.717, 1.165) is 0 Å². The molecule has 0 aliphatic carbocycles. The second-order valence-electron chi connectivity index (χ2n) is 3.70. The molecule has 1 radical (unpaired) electrons. The van der Waals surface area contributed by atoms with Crippen LogP contribution in [-0.2, 0) is 0 Å². The maximum atomic E-state index is 11.8. The number of carbonyl (C=O) groups excluding carboxylic acids is 1. The van der Waals surface area contributed by atoms with Crippen LogP contribution in [0.4, 0.5) is 11.4 Å². The fourth-order valence-electron chi connectivity index (χ4n) is 1.45. The van der Waals surface area contributed by atoms with Crippen LogP contribution in [-0.4, -0.2) is 15.9 Å². The Hall–Kier alpha value is -2.89. The zero-order valence-electron chi connectivity index (χ0n) is 9.66. The predicted octanol–water partition coefficient (Wildman–Crippen LogP) is 2.35. The second kappa shape index (κ2) is 5.18. The summed E-state index contributed by atoms with van der Waals surface area (Å²) in [5.74, 6) is -0.543. The van der Waals surface area contributed by atoms with Crippen LogP contribution in [0, 0.1) is 16.2 Å². The number of nitrogens with zero attached hydrogens (tertiary/aromatic N) is 1. The molecule has 0 fully saturated rings. The molecule has 6 heteroatoms. The van der Waals surface area contributed by atoms with E-state index >= 15 is 0 Å². The molecule has 95 valence electrons. The first-order valence-corrected chi connectivity index (χ1v) is 5.33. The van der Waals surface area contributed by atoms with Gasteiger partial charge in [-0.1, -0.05) is 6.07 Å². The van der Waals surface area contributed by atoms with Crippen molar-refractivity contribution in [2.75, 3.05) is 5.32 Å². The molecule has 0 heterocycles. The standard InChI is InChI=1S/C13H9N2O4/c16-12-4-2-1-3-11(12)14-13(17)9-5-7-10(8-6-9)15(18)19/h2-8,16H,(H,14,17). The fraction of sp³-hybridized carbons (Fsp3) is 0. The molecule has 0 aliphatic heterocycles. The van der Waals surface area contributed by atoms with Crippen LogP contribution < -0.4 is 5.32 Å². The number of benzene rings is 2. The van der Waals surface area contributed by atoms with Crippen molar-refractivity contribution < 1.29 is 14.8 Å². The van der Waals surface area contributed by atoms with Crippen molar-refractivity contribution in [3.63, 3.8) is 0 Å². The van der Waals surface area contributed by atoms with E-state index in [2.05, 4.69) is 11.4 Å². The van der Waals surface area contributed by atoms with Crippen molar-refractivity contribution >= 4 is 17.3 Å². The quantitative estimate of drug-likeness (QED) is 0.501. The molecule has 0 aliphatic rings. The largest absolute Gasteiger partial charge is 0.506 e. The van der Waals surface area contributed by atoms with Crippen molar-refractivity contribution in [1.82, 2.24) is 0 Å². The maximum absolute atomic E-state index is 11.8. The van der Waals surface area contributed by atoms with E-state index in [1.807, 2.05) is 0 Å². The van der Waals surface area contributed by atoms with E-state index in [9.17, 15) is 20.0 Å². The molecular formula is C13H9N2O4. The summed E-state index contributed by atoms with van der Waals surface area (Å²) in [6.45, 7) is 0. The third-order valence-corrected chi connectivity index (χ3v) is 2.43. The van der Waals surface area contributed by atoms with Gasteiger partial charge in [-0.2, -0.15) is 0 Å². The van der Waals surface area contributed by atoms with Gasteiger partial charge in [0.25, 0.3) is 11.6 Å². The van der Waals surface area contributed by atoms with Crippen LogP contribution in [0.25, 0.3) is 0 Å². The van der Waals surface area contributed by atoms with Crippen molar-refractivity contribution in [2.24, 2.45) is 0 Å². The Morgan fingerprint density at radius 3 is 2.53 bits per heavy atom. The monoisotopic (exact) mass is 257 g/mol. The molecule has 2 N–H and O–H groups in total. The van der Waals surface area contributed by atoms with Gasteiger partial charge in [0.2, 0.25) is 0 Å². The highest BCUT2D eigenvalue weighted by Gasteiger charge is 2.10. The number of non-ortho nitro benzene ring substituents is 1. The molecule has 2 aromatic carbocycles. The highest BCUT2D eigenvalue weighted by molar-refractivity contribution is 6.05. The number of hydrogen-bond donors (Lipinski definition) is 2. The van der Waals surface area contributed by atoms with E-state index in [4.69, 9.17) is 0 Å². The molecule has 2 rings (SSSR count). The van der Waals surface area contributed by atoms with Gasteiger partial charge in [0.15, 0.2) is 0 Å². The first-order valence-electron chi connectivity index (χ1n) is 5.33. The average molecular weight is 257 g/mol. The van der Waals surface area contributed by atoms with Gasteiger partial charge in [-0.25, -0.2) is 0 Å². The lowest BCUT2D eigenvalue weighted by atomic mass is 10.2. The molecule has 0 aromatic heterocycles. The third-order valence-electron chi connectivity index (χ3n) is 2.43. The van der Waals surface area contributed by atoms with Crippen LogP contribution >= 0.6 is 0 Å². The van der Waals surface area contributed by atoms with Gasteiger partial charge in [-0.05, 0) is 30.3 Å². The van der Waals surface area contributed by atoms with Gasteiger partial charge in [0.05, 0.1) is 10.6 Å². The minimum Gasteiger partial charge on any atom is -0.506 e. The lowest BCUT2D eigenvalue weighted by Crippen LogP contribution is -2.11. The van der Waals surface area contributed by atoms with Crippen molar-refractivity contribution in [2.45, 2.75) is 0 Å². The lowest BCUT2D eigenvalue weighted by Gasteiger charge is -2.06. The highest BCUT2D eigenvalue weighted by Crippen LogP contribution is 2.22. The lowest BCUT2D eigenvalue weighted by molar-refractivity contribution is -0.384. The predicted molar refractivity (Wildman–Crippen MR) is 68.0 cm³/mol. The maximum Gasteiger partial charge on any atom is 0.269 e. The number of anilines is 1. The Balaban J connectivity index is 2.16. The number of aromatic hydroxyl groups is 1. The van der Waals surface area contributed by atoms with Crippen LogP contribution in [0.15, 0.2) is 42.5 Å². The minimum absolute atomic E-state index is 0.0750. The molecule has 0 atom stereocenters. The van der Waals surface area contributed by atoms with Crippen LogP contribution in [0.3, 0.4) is 0 Å². The number of carbonyl (C=O) groups is 1. The summed E-state index contributed by atoms with van der Waals surface area (Å²) in [5, 5.41) is 22.5. The number of nitro benzene ring substituents is 1. The highest BCUT2D eigenvalue weighted by atomic mass is 16.6. The van der Waals surface area contributed by atoms with Gasteiger partial charge in [0.1, 0.15) is 5.75 Å². The molecule has 0 saturated carbocycles. The van der Waals surface area contributed by atoms with Crippen molar-refractivity contribution in [3.05, 3.63) is 64.2 Å². The number of nitrogens with one attached hydrogen (secondary N) is 1. The summed E-state index contributed by atoms with van der Waals surface area (Å²) in [4.78, 5) is 21.8. The first-order chi connectivity index (χ1) is 9.08. The number of phenols is 1. The summed E-state index contributed by atoms with van der Waals surface area (Å²) in [7, 11) is 0. The Labute approximate surface area is 108 Å². The molecule has 0 saturated heterocycles. The molecule has 2 aromatic rings. The number of rotatable bonds is 3. The molecule has 0 spiro atoms. The van der Waals surface area contributed by atoms with Gasteiger partial charge < -0.3 is 10.4 Å². The molecule has 19 heavy (non-hydrogen) atoms. The summed E-state index contributed by atoms with van der Waals surface area (Å²) < 4.78 is 0. The SMILES string of the molecule is O=C(Nc1c[c]ccc1O)c1ccc([N+](=O)[O-])cc1. The van der Waals surface area contributed by atoms with Gasteiger partial charge in [0, 0.05) is 17.7 Å². The van der Waals surface area contributed by atoms with E-state index in [-0.39, 0.29) is 22.7 Å². The molecule has 0 bridgehead atoms. The van der Waals surface area contributed by atoms with E-state index in [0.29, 0.717) is 0 Å². The molecule has 6 nitrogen and oxygen atoms in total. The number of phenolic OH excluding ortho intramolecular Hbond substituents is 1. The summed E-state index contributed by atoms with van der Waals surface area (Å²) >= 11 is 0. The average Bonchev–Trinajstić information content (AvgIpc) is 2.41. The van der Waals surface area contributed by atoms with Crippen molar-refractivity contribution in [1.29, 1.82) is 0 Å². The topological polar surface area (TPSA) is 92.5 Å². The van der Waals surface area contributed by atoms with Gasteiger partial charge >= 0.3 is 0 Å². The molecule has 0 unspecified atom stereocenters. The van der Waals surface area contributed by atoms with E-state index < -0.39 is 10.8 Å². The summed E-state index contributed by atoms with van der Waals surface area (Å²) in [5.41, 5.74) is 0.396. The normalized spacial score (nSPS) is 9.89. The molecule has 1 amide bonds. The fourth-order valence-corrected chi connectivity index (χ4v) is 1.45. The zero-order valence-corrected chi connectivity index (χ0v) is 9.66. The van der Waals surface area contributed by atoms with Gasteiger partial charge in [-0.15, -0.1) is 0 Å². The first kappa shape index (κ1) is 12.6. The van der Waals surface area contributed by atoms with E-state index in [1.165, 1.54) is 42.5 Å².